The molecule has 0 amide bonds. The molecule has 0 saturated carbocycles. The molecule has 0 aromatic heterocycles. The molecule has 0 saturated heterocycles. The topological polar surface area (TPSA) is 29.5 Å². The van der Waals surface area contributed by atoms with E-state index in [2.05, 4.69) is 96.1 Å². The van der Waals surface area contributed by atoms with Crippen LogP contribution in [0.4, 0.5) is 0 Å². The number of rotatable bonds is 24. The Bertz CT molecular complexity index is 1160. The summed E-state index contributed by atoms with van der Waals surface area (Å²) in [7, 11) is 0. The van der Waals surface area contributed by atoms with Crippen molar-refractivity contribution in [1.29, 1.82) is 0 Å². The first-order chi connectivity index (χ1) is 25.0. The minimum absolute atomic E-state index is 0.213. The van der Waals surface area contributed by atoms with E-state index in [1.165, 1.54) is 54.4 Å². The van der Waals surface area contributed by atoms with E-state index in [1.807, 2.05) is 0 Å². The van der Waals surface area contributed by atoms with Crippen molar-refractivity contribution >= 4 is 5.78 Å². The lowest BCUT2D eigenvalue weighted by molar-refractivity contribution is -0.123. The molecule has 0 heterocycles. The van der Waals surface area contributed by atoms with Gasteiger partial charge < -0.3 is 4.74 Å². The van der Waals surface area contributed by atoms with Gasteiger partial charge in [0.25, 0.3) is 0 Å². The average Bonchev–Trinajstić information content (AvgIpc) is 3.11. The fraction of sp³-hybridized carbons (Fsp3) is 0.653. The van der Waals surface area contributed by atoms with Crippen LogP contribution in [-0.2, 0) is 9.53 Å². The molecular weight excluding hydrogens is 635 g/mol. The Kier molecular flexibility index (Phi) is 20.7. The van der Waals surface area contributed by atoms with Crippen LogP contribution in [0.2, 0.25) is 0 Å². The highest BCUT2D eigenvalue weighted by molar-refractivity contribution is 5.81. The molecule has 0 spiro atoms. The quantitative estimate of drug-likeness (QED) is 0.0737. The number of carbonyl (C=O) groups excluding carboxylic acids is 1. The van der Waals surface area contributed by atoms with Gasteiger partial charge >= 0.3 is 0 Å². The molecule has 3 atom stereocenters. The summed E-state index contributed by atoms with van der Waals surface area (Å²) in [4.78, 5) is 15.8. The van der Waals surface area contributed by atoms with Crippen molar-refractivity contribution in [3.8, 4) is 0 Å². The SMILES string of the molecule is C=C(CCCN(CCCC(=O)C1CC=C(CCC=C(C)C)CC1)CCOC(=C)C1CC=C(CCC=C(C)C)CC1)C1CC=C(CCC=C(C)C)CC1. The molecule has 52 heavy (non-hydrogen) atoms. The van der Waals surface area contributed by atoms with Gasteiger partial charge in [-0.25, -0.2) is 0 Å². The molecule has 3 aliphatic carbocycles. The van der Waals surface area contributed by atoms with Crippen LogP contribution in [0.15, 0.2) is 94.4 Å². The monoisotopic (exact) mass is 712 g/mol. The van der Waals surface area contributed by atoms with Gasteiger partial charge in [-0.15, -0.1) is 0 Å². The van der Waals surface area contributed by atoms with E-state index in [4.69, 9.17) is 4.74 Å². The van der Waals surface area contributed by atoms with E-state index < -0.39 is 0 Å². The van der Waals surface area contributed by atoms with Gasteiger partial charge in [-0.3, -0.25) is 9.69 Å². The summed E-state index contributed by atoms with van der Waals surface area (Å²) in [5, 5.41) is 0. The van der Waals surface area contributed by atoms with E-state index in [-0.39, 0.29) is 5.92 Å². The number of hydrogen-bond donors (Lipinski definition) is 0. The smallest absolute Gasteiger partial charge is 0.136 e. The highest BCUT2D eigenvalue weighted by Crippen LogP contribution is 2.33. The molecule has 3 nitrogen and oxygen atoms in total. The Morgan fingerprint density at radius 1 is 0.654 bits per heavy atom. The summed E-state index contributed by atoms with van der Waals surface area (Å²) in [5.74, 6) is 2.69. The lowest BCUT2D eigenvalue weighted by Crippen LogP contribution is -2.31. The van der Waals surface area contributed by atoms with Crippen LogP contribution in [0, 0.1) is 17.8 Å². The highest BCUT2D eigenvalue weighted by Gasteiger charge is 2.22. The predicted molar refractivity (Wildman–Crippen MR) is 226 cm³/mol. The van der Waals surface area contributed by atoms with Crippen molar-refractivity contribution in [1.82, 2.24) is 4.90 Å². The van der Waals surface area contributed by atoms with Gasteiger partial charge in [0, 0.05) is 24.8 Å². The van der Waals surface area contributed by atoms with E-state index in [0.717, 1.165) is 109 Å². The summed E-state index contributed by atoms with van der Waals surface area (Å²) in [6.45, 7) is 25.6. The van der Waals surface area contributed by atoms with Crippen LogP contribution in [0.5, 0.6) is 0 Å². The average molecular weight is 712 g/mol. The number of allylic oxidation sites excluding steroid dienone is 14. The summed E-state index contributed by atoms with van der Waals surface area (Å²) in [5.41, 5.74) is 10.4. The second-order valence-electron chi connectivity index (χ2n) is 16.9. The molecule has 0 fully saturated rings. The second-order valence-corrected chi connectivity index (χ2v) is 16.9. The summed E-state index contributed by atoms with van der Waals surface area (Å²) >= 11 is 0. The van der Waals surface area contributed by atoms with Crippen molar-refractivity contribution < 1.29 is 9.53 Å². The van der Waals surface area contributed by atoms with Crippen molar-refractivity contribution in [3.63, 3.8) is 0 Å². The number of Topliss-reactive ketones (excluding diaryl/α,β-unsaturated/α-hetero) is 1. The maximum Gasteiger partial charge on any atom is 0.136 e. The van der Waals surface area contributed by atoms with Gasteiger partial charge in [-0.1, -0.05) is 88.6 Å². The zero-order valence-corrected chi connectivity index (χ0v) is 34.6. The van der Waals surface area contributed by atoms with Crippen molar-refractivity contribution in [2.45, 2.75) is 164 Å². The van der Waals surface area contributed by atoms with Crippen LogP contribution in [0.3, 0.4) is 0 Å². The van der Waals surface area contributed by atoms with E-state index in [1.54, 1.807) is 16.7 Å². The first-order valence-corrected chi connectivity index (χ1v) is 21.2. The Morgan fingerprint density at radius 3 is 1.54 bits per heavy atom. The summed E-state index contributed by atoms with van der Waals surface area (Å²) in [6.07, 6.45) is 35.2. The zero-order valence-electron chi connectivity index (χ0n) is 34.6. The third kappa shape index (κ3) is 17.9. The molecule has 0 N–H and O–H groups in total. The predicted octanol–water partition coefficient (Wildman–Crippen LogP) is 13.9. The summed E-state index contributed by atoms with van der Waals surface area (Å²) < 4.78 is 6.33. The summed E-state index contributed by atoms with van der Waals surface area (Å²) in [6, 6.07) is 0. The Morgan fingerprint density at radius 2 is 1.10 bits per heavy atom. The van der Waals surface area contributed by atoms with Gasteiger partial charge in [0.2, 0.25) is 0 Å². The molecule has 3 heteroatoms. The number of ketones is 1. The molecule has 3 aliphatic rings. The van der Waals surface area contributed by atoms with Gasteiger partial charge in [0.15, 0.2) is 0 Å². The normalized spacial score (nSPS) is 20.3. The number of hydrogen-bond acceptors (Lipinski definition) is 3. The van der Waals surface area contributed by atoms with E-state index >= 15 is 0 Å². The first kappa shape index (κ1) is 43.8. The van der Waals surface area contributed by atoms with Crippen LogP contribution < -0.4 is 0 Å². The molecule has 3 unspecified atom stereocenters. The molecule has 0 aliphatic heterocycles. The van der Waals surface area contributed by atoms with E-state index in [0.29, 0.717) is 30.6 Å². The standard InChI is InChI=1S/C49H77NO2/c1-38(2)14-9-18-43-22-28-46(29-23-43)41(7)17-12-34-50(35-13-21-49(51)48-32-26-45(27-33-48)20-11-16-40(5)6)36-37-52-42(8)47-30-24-44(25-31-47)19-10-15-39(3)4/h14-16,22,24,26,46-48H,7-13,17-21,23,25,27-37H2,1-6H3. The molecule has 0 radical (unpaired) electrons. The first-order valence-electron chi connectivity index (χ1n) is 21.2. The van der Waals surface area contributed by atoms with Gasteiger partial charge in [-0.05, 0) is 176 Å². The maximum atomic E-state index is 13.2. The van der Waals surface area contributed by atoms with Crippen LogP contribution in [0.1, 0.15) is 164 Å². The van der Waals surface area contributed by atoms with Gasteiger partial charge in [0.05, 0.1) is 5.76 Å². The minimum Gasteiger partial charge on any atom is -0.497 e. The van der Waals surface area contributed by atoms with E-state index in [9.17, 15) is 4.79 Å². The fourth-order valence-electron chi connectivity index (χ4n) is 8.11. The van der Waals surface area contributed by atoms with Gasteiger partial charge in [0.1, 0.15) is 12.4 Å². The maximum absolute atomic E-state index is 13.2. The second kappa shape index (κ2) is 24.6. The number of nitrogens with zero attached hydrogens (tertiary/aromatic N) is 1. The molecule has 0 bridgehead atoms. The highest BCUT2D eigenvalue weighted by atomic mass is 16.5. The molecule has 0 aromatic rings. The zero-order chi connectivity index (χ0) is 37.7. The largest absolute Gasteiger partial charge is 0.497 e. The Hall–Kier alpha value is -2.65. The van der Waals surface area contributed by atoms with Crippen molar-refractivity contribution in [3.05, 3.63) is 94.4 Å². The van der Waals surface area contributed by atoms with Crippen LogP contribution in [0.25, 0.3) is 0 Å². The molecular formula is C49H77NO2. The minimum atomic E-state index is 0.213. The van der Waals surface area contributed by atoms with Crippen LogP contribution in [-0.4, -0.2) is 36.9 Å². The lowest BCUT2D eigenvalue weighted by atomic mass is 9.82. The van der Waals surface area contributed by atoms with Crippen molar-refractivity contribution in [2.75, 3.05) is 26.2 Å². The molecule has 290 valence electrons. The Balaban J connectivity index is 1.45. The van der Waals surface area contributed by atoms with Gasteiger partial charge in [-0.2, -0.15) is 0 Å². The third-order valence-corrected chi connectivity index (χ3v) is 11.6. The fourth-order valence-corrected chi connectivity index (χ4v) is 8.11. The molecule has 0 aromatic carbocycles. The number of carbonyl (C=O) groups is 1. The Labute approximate surface area is 321 Å². The van der Waals surface area contributed by atoms with Crippen molar-refractivity contribution in [2.24, 2.45) is 17.8 Å². The molecule has 3 rings (SSSR count). The number of ether oxygens (including phenoxy) is 1. The third-order valence-electron chi connectivity index (χ3n) is 11.6. The lowest BCUT2D eigenvalue weighted by Gasteiger charge is -2.27. The van der Waals surface area contributed by atoms with Crippen LogP contribution >= 0.6 is 0 Å².